The molecule has 0 atom stereocenters. The summed E-state index contributed by atoms with van der Waals surface area (Å²) >= 11 is 0. The molecule has 0 aliphatic carbocycles. The maximum atomic E-state index is 13.8. The number of rotatable bonds is 6. The summed E-state index contributed by atoms with van der Waals surface area (Å²) in [6, 6.07) is 13.6. The van der Waals surface area contributed by atoms with Crippen LogP contribution >= 0.6 is 0 Å². The van der Waals surface area contributed by atoms with Gasteiger partial charge in [-0.1, -0.05) is 12.1 Å². The Labute approximate surface area is 217 Å². The van der Waals surface area contributed by atoms with Gasteiger partial charge in [0.1, 0.15) is 0 Å². The highest BCUT2D eigenvalue weighted by Gasteiger charge is 2.38. The summed E-state index contributed by atoms with van der Waals surface area (Å²) < 4.78 is 18.0. The molecule has 0 fully saturated rings. The van der Waals surface area contributed by atoms with Gasteiger partial charge in [-0.3, -0.25) is 9.69 Å². The molecule has 1 aliphatic rings. The largest absolute Gasteiger partial charge is 0.493 e. The van der Waals surface area contributed by atoms with Gasteiger partial charge in [0.05, 0.1) is 38.2 Å². The van der Waals surface area contributed by atoms with Crippen molar-refractivity contribution >= 4 is 23.6 Å². The first-order chi connectivity index (χ1) is 17.6. The quantitative estimate of drug-likeness (QED) is 0.325. The smallest absolute Gasteiger partial charge is 0.340 e. The monoisotopic (exact) mass is 500 g/mol. The van der Waals surface area contributed by atoms with Gasteiger partial charge < -0.3 is 18.8 Å². The predicted molar refractivity (Wildman–Crippen MR) is 144 cm³/mol. The van der Waals surface area contributed by atoms with Gasteiger partial charge in [0.15, 0.2) is 11.5 Å². The maximum Gasteiger partial charge on any atom is 0.340 e. The Balaban J connectivity index is 1.86. The predicted octanol–water partition coefficient (Wildman–Crippen LogP) is 5.61. The minimum atomic E-state index is -0.566. The van der Waals surface area contributed by atoms with Crippen LogP contribution < -0.4 is 14.4 Å². The third-order valence-corrected chi connectivity index (χ3v) is 6.79. The van der Waals surface area contributed by atoms with Gasteiger partial charge in [-0.2, -0.15) is 0 Å². The third-order valence-electron chi connectivity index (χ3n) is 6.79. The number of hydrogen-bond acceptors (Lipinski definition) is 5. The Kier molecular flexibility index (Phi) is 6.99. The molecule has 7 heteroatoms. The van der Waals surface area contributed by atoms with Crippen LogP contribution in [0.1, 0.15) is 35.0 Å². The summed E-state index contributed by atoms with van der Waals surface area (Å²) in [6.45, 7) is 9.93. The first kappa shape index (κ1) is 25.8. The number of esters is 1. The maximum absolute atomic E-state index is 13.8. The van der Waals surface area contributed by atoms with E-state index in [4.69, 9.17) is 14.2 Å². The minimum Gasteiger partial charge on any atom is -0.493 e. The van der Waals surface area contributed by atoms with Crippen molar-refractivity contribution in [1.82, 2.24) is 4.57 Å². The average Bonchev–Trinajstić information content (AvgIpc) is 3.30. The number of aryl methyl sites for hydroxylation is 3. The highest BCUT2D eigenvalue weighted by molar-refractivity contribution is 6.24. The van der Waals surface area contributed by atoms with Crippen LogP contribution in [0.3, 0.4) is 0 Å². The summed E-state index contributed by atoms with van der Waals surface area (Å²) in [5.41, 5.74) is 7.81. The van der Waals surface area contributed by atoms with Crippen molar-refractivity contribution < 1.29 is 23.8 Å². The lowest BCUT2D eigenvalue weighted by Gasteiger charge is -2.19. The molecule has 37 heavy (non-hydrogen) atoms. The Morgan fingerprint density at radius 2 is 1.57 bits per heavy atom. The van der Waals surface area contributed by atoms with E-state index in [1.807, 2.05) is 19.9 Å². The second-order valence-corrected chi connectivity index (χ2v) is 9.14. The van der Waals surface area contributed by atoms with Crippen LogP contribution in [0, 0.1) is 27.7 Å². The third kappa shape index (κ3) is 4.42. The van der Waals surface area contributed by atoms with Gasteiger partial charge in [-0.15, -0.1) is 0 Å². The standard InChI is InChI=1S/C30H32N2O5/c1-17-9-10-18(2)25(13-17)31-19(3)14-22(20(31)4)15-24-28(30(34)37-8)21(5)32(29(24)33)23-11-12-26(35-6)27(16-23)36-7/h9-16H,1-8H3/b24-15-. The lowest BCUT2D eigenvalue weighted by molar-refractivity contribution is -0.136. The summed E-state index contributed by atoms with van der Waals surface area (Å²) in [5.74, 6) is 0.141. The van der Waals surface area contributed by atoms with Crippen LogP contribution in [0.25, 0.3) is 11.8 Å². The first-order valence-corrected chi connectivity index (χ1v) is 12.0. The van der Waals surface area contributed by atoms with Crippen molar-refractivity contribution in [2.75, 3.05) is 26.2 Å². The lowest BCUT2D eigenvalue weighted by Crippen LogP contribution is -2.24. The highest BCUT2D eigenvalue weighted by atomic mass is 16.5. The molecule has 1 aromatic heterocycles. The fourth-order valence-corrected chi connectivity index (χ4v) is 4.88. The molecule has 192 valence electrons. The molecule has 2 heterocycles. The van der Waals surface area contributed by atoms with Gasteiger partial charge in [0.25, 0.3) is 5.91 Å². The van der Waals surface area contributed by atoms with E-state index >= 15 is 0 Å². The molecule has 0 unspecified atom stereocenters. The molecule has 0 N–H and O–H groups in total. The number of anilines is 1. The molecular formula is C30H32N2O5. The zero-order chi connectivity index (χ0) is 27.0. The Bertz CT molecular complexity index is 1480. The number of nitrogens with zero attached hydrogens (tertiary/aromatic N) is 2. The van der Waals surface area contributed by atoms with Crippen molar-refractivity contribution in [3.8, 4) is 17.2 Å². The van der Waals surface area contributed by atoms with Crippen LogP contribution in [0.2, 0.25) is 0 Å². The summed E-state index contributed by atoms with van der Waals surface area (Å²) in [5, 5.41) is 0. The fraction of sp³-hybridized carbons (Fsp3) is 0.267. The lowest BCUT2D eigenvalue weighted by atomic mass is 10.0. The molecular weight excluding hydrogens is 468 g/mol. The van der Waals surface area contributed by atoms with E-state index in [-0.39, 0.29) is 17.1 Å². The highest BCUT2D eigenvalue weighted by Crippen LogP contribution is 2.39. The number of methoxy groups -OCH3 is 3. The zero-order valence-corrected chi connectivity index (χ0v) is 22.6. The van der Waals surface area contributed by atoms with E-state index in [0.717, 1.165) is 33.8 Å². The average molecular weight is 501 g/mol. The number of ether oxygens (including phenoxy) is 3. The molecule has 0 saturated carbocycles. The van der Waals surface area contributed by atoms with Crippen LogP contribution in [0.4, 0.5) is 5.69 Å². The Morgan fingerprint density at radius 1 is 0.865 bits per heavy atom. The SMILES string of the molecule is COC(=O)C1=C(C)N(c2ccc(OC)c(OC)c2)C(=O)/C1=C\c1cc(C)n(-c2cc(C)ccc2C)c1C. The molecule has 4 rings (SSSR count). The van der Waals surface area contributed by atoms with Crippen molar-refractivity contribution in [2.24, 2.45) is 0 Å². The van der Waals surface area contributed by atoms with Crippen LogP contribution in [-0.4, -0.2) is 37.8 Å². The van der Waals surface area contributed by atoms with Crippen molar-refractivity contribution in [2.45, 2.75) is 34.6 Å². The Hall–Kier alpha value is -4.26. The van der Waals surface area contributed by atoms with Gasteiger partial charge in [-0.05, 0) is 81.7 Å². The van der Waals surface area contributed by atoms with Crippen molar-refractivity contribution in [3.63, 3.8) is 0 Å². The van der Waals surface area contributed by atoms with E-state index in [1.54, 1.807) is 38.3 Å². The van der Waals surface area contributed by atoms with Gasteiger partial charge in [0.2, 0.25) is 0 Å². The number of hydrogen-bond donors (Lipinski definition) is 0. The molecule has 0 spiro atoms. The van der Waals surface area contributed by atoms with E-state index in [1.165, 1.54) is 19.1 Å². The van der Waals surface area contributed by atoms with Gasteiger partial charge >= 0.3 is 5.97 Å². The van der Waals surface area contributed by atoms with Crippen molar-refractivity contribution in [3.05, 3.63) is 87.4 Å². The number of carbonyl (C=O) groups is 2. The number of allylic oxidation sites excluding steroid dienone is 1. The van der Waals surface area contributed by atoms with Crippen LogP contribution in [0.15, 0.2) is 59.3 Å². The van der Waals surface area contributed by atoms with E-state index < -0.39 is 5.97 Å². The topological polar surface area (TPSA) is 70.0 Å². The molecule has 0 radical (unpaired) electrons. The second-order valence-electron chi connectivity index (χ2n) is 9.14. The minimum absolute atomic E-state index is 0.235. The molecule has 1 amide bonds. The van der Waals surface area contributed by atoms with Gasteiger partial charge in [-0.25, -0.2) is 4.79 Å². The number of amides is 1. The van der Waals surface area contributed by atoms with Gasteiger partial charge in [0, 0.05) is 28.8 Å². The second kappa shape index (κ2) is 10.0. The molecule has 1 aliphatic heterocycles. The van der Waals surface area contributed by atoms with Crippen molar-refractivity contribution in [1.29, 1.82) is 0 Å². The van der Waals surface area contributed by atoms with E-state index in [2.05, 4.69) is 36.6 Å². The zero-order valence-electron chi connectivity index (χ0n) is 22.6. The molecule has 0 saturated heterocycles. The Morgan fingerprint density at radius 3 is 2.22 bits per heavy atom. The number of carbonyl (C=O) groups excluding carboxylic acids is 2. The summed E-state index contributed by atoms with van der Waals surface area (Å²) in [4.78, 5) is 28.2. The molecule has 7 nitrogen and oxygen atoms in total. The van der Waals surface area contributed by atoms with E-state index in [0.29, 0.717) is 22.9 Å². The first-order valence-electron chi connectivity index (χ1n) is 12.0. The number of aromatic nitrogens is 1. The molecule has 3 aromatic rings. The molecule has 0 bridgehead atoms. The fourth-order valence-electron chi connectivity index (χ4n) is 4.88. The summed E-state index contributed by atoms with van der Waals surface area (Å²) in [6.07, 6.45) is 1.78. The van der Waals surface area contributed by atoms with E-state index in [9.17, 15) is 9.59 Å². The van der Waals surface area contributed by atoms with Crippen LogP contribution in [0.5, 0.6) is 11.5 Å². The number of benzene rings is 2. The molecule has 2 aromatic carbocycles. The normalized spacial score (nSPS) is 14.5. The van der Waals surface area contributed by atoms with Crippen LogP contribution in [-0.2, 0) is 14.3 Å². The summed E-state index contributed by atoms with van der Waals surface area (Å²) in [7, 11) is 4.40.